The zero-order valence-electron chi connectivity index (χ0n) is 11.6. The van der Waals surface area contributed by atoms with Crippen molar-refractivity contribution in [2.75, 3.05) is 24.6 Å². The molecule has 0 aliphatic carbocycles. The number of ether oxygens (including phenoxy) is 1. The van der Waals surface area contributed by atoms with Gasteiger partial charge in [-0.15, -0.1) is 0 Å². The number of rotatable bonds is 5. The maximum atomic E-state index is 11.2. The van der Waals surface area contributed by atoms with E-state index in [2.05, 4.69) is 0 Å². The average Bonchev–Trinajstić information content (AvgIpc) is 2.83. The molecule has 1 aliphatic rings. The number of hydrogen-bond acceptors (Lipinski definition) is 6. The largest absolute Gasteiger partial charge is 0.487 e. The second kappa shape index (κ2) is 5.57. The highest BCUT2D eigenvalue weighted by Crippen LogP contribution is 2.34. The lowest BCUT2D eigenvalue weighted by Crippen LogP contribution is -2.46. The van der Waals surface area contributed by atoms with E-state index in [1.165, 1.54) is 12.1 Å². The van der Waals surface area contributed by atoms with E-state index in [1.807, 2.05) is 0 Å². The molecule has 3 N–H and O–H groups in total. The van der Waals surface area contributed by atoms with E-state index >= 15 is 0 Å². The number of nitrogens with two attached hydrogens (primary N) is 1. The minimum absolute atomic E-state index is 0.0612. The first-order valence-corrected chi connectivity index (χ1v) is 6.56. The van der Waals surface area contributed by atoms with Gasteiger partial charge in [0.05, 0.1) is 18.1 Å². The van der Waals surface area contributed by atoms with Crippen LogP contribution in [0, 0.1) is 10.1 Å². The Morgan fingerprint density at radius 1 is 1.62 bits per heavy atom. The number of anilines is 1. The van der Waals surface area contributed by atoms with Gasteiger partial charge in [0.2, 0.25) is 0 Å². The van der Waals surface area contributed by atoms with Crippen LogP contribution in [0.1, 0.15) is 13.3 Å². The van der Waals surface area contributed by atoms with Gasteiger partial charge in [-0.1, -0.05) is 0 Å². The summed E-state index contributed by atoms with van der Waals surface area (Å²) in [4.78, 5) is 23.4. The molecule has 1 heterocycles. The number of hydrogen-bond donors (Lipinski definition) is 2. The number of aliphatic hydroxyl groups is 1. The molecule has 0 unspecified atom stereocenters. The fraction of sp³-hybridized carbons (Fsp3) is 0.462. The van der Waals surface area contributed by atoms with Crippen molar-refractivity contribution in [2.24, 2.45) is 5.73 Å². The van der Waals surface area contributed by atoms with Gasteiger partial charge in [0.15, 0.2) is 11.4 Å². The Morgan fingerprint density at radius 3 is 2.86 bits per heavy atom. The number of nitro groups is 1. The molecule has 1 fully saturated rings. The van der Waals surface area contributed by atoms with Crippen LogP contribution < -0.4 is 15.4 Å². The molecular formula is C13H17N3O5. The molecule has 1 aromatic carbocycles. The molecule has 8 heteroatoms. The number of nitro benzene ring substituents is 1. The third kappa shape index (κ3) is 2.89. The number of β-amino-alcohol motifs (C(OH)–C–C–N with tert-alkyl or cyclic N) is 1. The molecule has 0 spiro atoms. The smallest absolute Gasteiger partial charge is 0.311 e. The number of amides is 1. The average molecular weight is 295 g/mol. The standard InChI is InChI=1S/C13H17N3O5/c1-2-21-11-7-9(3-4-10(11)16(19)20)15-6-5-13(18,8-15)12(14)17/h3-4,7,18H,2,5-6,8H2,1H3,(H2,14,17)/t13-/m1/s1. The summed E-state index contributed by atoms with van der Waals surface area (Å²) in [5.41, 5.74) is 4.14. The Kier molecular flexibility index (Phi) is 3.99. The van der Waals surface area contributed by atoms with E-state index in [0.29, 0.717) is 18.8 Å². The minimum Gasteiger partial charge on any atom is -0.487 e. The molecule has 0 aromatic heterocycles. The SMILES string of the molecule is CCOc1cc(N2CC[C@](O)(C(N)=O)C2)ccc1[N+](=O)[O-]. The predicted octanol–water partition coefficient (Wildman–Crippen LogP) is 0.420. The first-order valence-electron chi connectivity index (χ1n) is 6.56. The van der Waals surface area contributed by atoms with Crippen molar-refractivity contribution < 1.29 is 19.6 Å². The van der Waals surface area contributed by atoms with E-state index in [0.717, 1.165) is 0 Å². The van der Waals surface area contributed by atoms with Crippen molar-refractivity contribution in [3.8, 4) is 5.75 Å². The summed E-state index contributed by atoms with van der Waals surface area (Å²) in [7, 11) is 0. The molecular weight excluding hydrogens is 278 g/mol. The van der Waals surface area contributed by atoms with Gasteiger partial charge in [0, 0.05) is 30.8 Å². The summed E-state index contributed by atoms with van der Waals surface area (Å²) in [5.74, 6) is -0.605. The number of primary amides is 1. The van der Waals surface area contributed by atoms with E-state index in [9.17, 15) is 20.0 Å². The lowest BCUT2D eigenvalue weighted by Gasteiger charge is -2.22. The summed E-state index contributed by atoms with van der Waals surface area (Å²) >= 11 is 0. The Morgan fingerprint density at radius 2 is 2.33 bits per heavy atom. The molecule has 0 bridgehead atoms. The van der Waals surface area contributed by atoms with Crippen molar-refractivity contribution in [1.82, 2.24) is 0 Å². The third-order valence-electron chi connectivity index (χ3n) is 3.51. The zero-order valence-corrected chi connectivity index (χ0v) is 11.6. The monoisotopic (exact) mass is 295 g/mol. The van der Waals surface area contributed by atoms with Gasteiger partial charge in [0.25, 0.3) is 5.91 Å². The molecule has 2 rings (SSSR count). The van der Waals surface area contributed by atoms with Crippen molar-refractivity contribution in [1.29, 1.82) is 0 Å². The fourth-order valence-corrected chi connectivity index (χ4v) is 2.34. The number of carbonyl (C=O) groups excluding carboxylic acids is 1. The molecule has 1 aromatic rings. The van der Waals surface area contributed by atoms with Gasteiger partial charge in [-0.05, 0) is 13.0 Å². The van der Waals surface area contributed by atoms with Gasteiger partial charge in [-0.25, -0.2) is 0 Å². The van der Waals surface area contributed by atoms with Gasteiger partial charge < -0.3 is 20.5 Å². The van der Waals surface area contributed by atoms with Crippen LogP contribution in [0.4, 0.5) is 11.4 Å². The van der Waals surface area contributed by atoms with Crippen LogP contribution in [0.5, 0.6) is 5.75 Å². The number of nitrogens with zero attached hydrogens (tertiary/aromatic N) is 2. The highest BCUT2D eigenvalue weighted by Gasteiger charge is 2.41. The molecule has 1 amide bonds. The second-order valence-electron chi connectivity index (χ2n) is 4.91. The summed E-state index contributed by atoms with van der Waals surface area (Å²) in [6, 6.07) is 4.45. The van der Waals surface area contributed by atoms with Crippen LogP contribution in [-0.4, -0.2) is 41.2 Å². The van der Waals surface area contributed by atoms with Crippen molar-refractivity contribution in [2.45, 2.75) is 18.9 Å². The normalized spacial score (nSPS) is 21.3. The fourth-order valence-electron chi connectivity index (χ4n) is 2.34. The first-order chi connectivity index (χ1) is 9.87. The molecule has 1 saturated heterocycles. The van der Waals surface area contributed by atoms with Gasteiger partial charge in [-0.3, -0.25) is 14.9 Å². The highest BCUT2D eigenvalue weighted by molar-refractivity contribution is 5.85. The Balaban J connectivity index is 2.28. The topological polar surface area (TPSA) is 119 Å². The van der Waals surface area contributed by atoms with Gasteiger partial charge in [-0.2, -0.15) is 0 Å². The van der Waals surface area contributed by atoms with Gasteiger partial charge in [0.1, 0.15) is 0 Å². The second-order valence-corrected chi connectivity index (χ2v) is 4.91. The van der Waals surface area contributed by atoms with Crippen LogP contribution in [0.3, 0.4) is 0 Å². The first kappa shape index (κ1) is 15.0. The highest BCUT2D eigenvalue weighted by atomic mass is 16.6. The van der Waals surface area contributed by atoms with Crippen LogP contribution >= 0.6 is 0 Å². The lowest BCUT2D eigenvalue weighted by molar-refractivity contribution is -0.385. The van der Waals surface area contributed by atoms with Crippen molar-refractivity contribution >= 4 is 17.3 Å². The summed E-state index contributed by atoms with van der Waals surface area (Å²) in [5, 5.41) is 21.0. The van der Waals surface area contributed by atoms with Crippen LogP contribution in [-0.2, 0) is 4.79 Å². The summed E-state index contributed by atoms with van der Waals surface area (Å²) in [6.45, 7) is 2.53. The Bertz CT molecular complexity index is 577. The quantitative estimate of drug-likeness (QED) is 0.600. The van der Waals surface area contributed by atoms with Crippen LogP contribution in [0.15, 0.2) is 18.2 Å². The van der Waals surface area contributed by atoms with E-state index in [-0.39, 0.29) is 24.4 Å². The molecule has 8 nitrogen and oxygen atoms in total. The Hall–Kier alpha value is -2.35. The molecule has 21 heavy (non-hydrogen) atoms. The number of benzene rings is 1. The number of carbonyl (C=O) groups is 1. The van der Waals surface area contributed by atoms with E-state index in [1.54, 1.807) is 17.9 Å². The maximum absolute atomic E-state index is 11.2. The summed E-state index contributed by atoms with van der Waals surface area (Å²) in [6.07, 6.45) is 0.225. The minimum atomic E-state index is -1.56. The molecule has 1 atom stereocenters. The zero-order chi connectivity index (χ0) is 15.6. The maximum Gasteiger partial charge on any atom is 0.311 e. The van der Waals surface area contributed by atoms with Crippen molar-refractivity contribution in [3.63, 3.8) is 0 Å². The lowest BCUT2D eigenvalue weighted by atomic mass is 10.0. The van der Waals surface area contributed by atoms with Crippen LogP contribution in [0.2, 0.25) is 0 Å². The molecule has 0 radical (unpaired) electrons. The van der Waals surface area contributed by atoms with E-state index < -0.39 is 16.4 Å². The summed E-state index contributed by atoms with van der Waals surface area (Å²) < 4.78 is 5.28. The van der Waals surface area contributed by atoms with Crippen molar-refractivity contribution in [3.05, 3.63) is 28.3 Å². The molecule has 1 aliphatic heterocycles. The van der Waals surface area contributed by atoms with E-state index in [4.69, 9.17) is 10.5 Å². The van der Waals surface area contributed by atoms with Crippen LogP contribution in [0.25, 0.3) is 0 Å². The molecule has 114 valence electrons. The van der Waals surface area contributed by atoms with Gasteiger partial charge >= 0.3 is 5.69 Å². The predicted molar refractivity (Wildman–Crippen MR) is 75.2 cm³/mol. The molecule has 0 saturated carbocycles. The third-order valence-corrected chi connectivity index (χ3v) is 3.51. The Labute approximate surface area is 121 Å².